The van der Waals surface area contributed by atoms with Crippen molar-refractivity contribution < 1.29 is 14.6 Å². The Bertz CT molecular complexity index is 1390. The number of epoxide rings is 1. The van der Waals surface area contributed by atoms with Crippen molar-refractivity contribution in [3.8, 4) is 11.4 Å². The number of ether oxygens (including phenoxy) is 2. The molecule has 3 aliphatic heterocycles. The quantitative estimate of drug-likeness (QED) is 0.475. The highest BCUT2D eigenvalue weighted by Crippen LogP contribution is 2.48. The highest BCUT2D eigenvalue weighted by Gasteiger charge is 2.58. The Hall–Kier alpha value is -2.74. The third-order valence-corrected chi connectivity index (χ3v) is 7.88. The molecule has 4 aliphatic rings. The van der Waals surface area contributed by atoms with Crippen molar-refractivity contribution in [1.82, 2.24) is 9.55 Å². The van der Waals surface area contributed by atoms with E-state index in [1.807, 2.05) is 24.6 Å². The van der Waals surface area contributed by atoms with E-state index in [0.29, 0.717) is 24.1 Å². The maximum absolute atomic E-state index is 13.6. The van der Waals surface area contributed by atoms with Gasteiger partial charge in [0.1, 0.15) is 11.7 Å². The van der Waals surface area contributed by atoms with Gasteiger partial charge < -0.3 is 24.5 Å². The van der Waals surface area contributed by atoms with Gasteiger partial charge in [0.15, 0.2) is 6.29 Å². The number of fused-ring (bicyclic) bond motifs is 6. The topological polar surface area (TPSA) is 88.9 Å². The fourth-order valence-corrected chi connectivity index (χ4v) is 6.14. The molecule has 32 heavy (non-hydrogen) atoms. The zero-order chi connectivity index (χ0) is 21.8. The molecule has 0 radical (unpaired) electrons. The van der Waals surface area contributed by atoms with Gasteiger partial charge in [0.2, 0.25) is 0 Å². The van der Waals surface area contributed by atoms with E-state index in [9.17, 15) is 9.90 Å². The number of anilines is 1. The van der Waals surface area contributed by atoms with Gasteiger partial charge in [-0.15, -0.1) is 0 Å². The third-order valence-electron chi connectivity index (χ3n) is 7.88. The van der Waals surface area contributed by atoms with Crippen LogP contribution >= 0.6 is 0 Å². The van der Waals surface area contributed by atoms with E-state index >= 15 is 0 Å². The van der Waals surface area contributed by atoms with E-state index in [-0.39, 0.29) is 12.2 Å². The Morgan fingerprint density at radius 2 is 2.09 bits per heavy atom. The van der Waals surface area contributed by atoms with E-state index in [4.69, 9.17) is 14.5 Å². The summed E-state index contributed by atoms with van der Waals surface area (Å²) >= 11 is 0. The number of aryl methyl sites for hydroxylation is 2. The molecule has 2 unspecified atom stereocenters. The minimum absolute atomic E-state index is 0.0909. The summed E-state index contributed by atoms with van der Waals surface area (Å²) in [5.74, 6) is 0. The van der Waals surface area contributed by atoms with Gasteiger partial charge in [-0.2, -0.15) is 0 Å². The molecule has 5 heterocycles. The summed E-state index contributed by atoms with van der Waals surface area (Å²) in [5, 5.41) is 16.1. The SMILES string of the molecule is CC[C@]1(O)c2cc3n(c(=O)c2COC2OC21)Cc1c-3nc2ccc(NC)c3c2c1CCC3. The Balaban J connectivity index is 1.51. The van der Waals surface area contributed by atoms with Gasteiger partial charge in [0.05, 0.1) is 30.1 Å². The molecule has 1 saturated heterocycles. The largest absolute Gasteiger partial charge is 0.388 e. The molecule has 0 bridgehead atoms. The van der Waals surface area contributed by atoms with Crippen LogP contribution in [0.1, 0.15) is 47.6 Å². The molecule has 3 aromatic rings. The third kappa shape index (κ3) is 2.21. The van der Waals surface area contributed by atoms with Crippen molar-refractivity contribution >= 4 is 16.6 Å². The van der Waals surface area contributed by atoms with Crippen LogP contribution in [0.5, 0.6) is 0 Å². The van der Waals surface area contributed by atoms with E-state index in [2.05, 4.69) is 17.4 Å². The fraction of sp³-hybridized carbons (Fsp3) is 0.440. The summed E-state index contributed by atoms with van der Waals surface area (Å²) in [6, 6.07) is 6.14. The van der Waals surface area contributed by atoms with Crippen LogP contribution in [0.15, 0.2) is 23.0 Å². The minimum Gasteiger partial charge on any atom is -0.388 e. The van der Waals surface area contributed by atoms with Crippen LogP contribution in [-0.4, -0.2) is 34.1 Å². The molecule has 1 fully saturated rings. The average Bonchev–Trinajstić information content (AvgIpc) is 3.53. The molecule has 3 atom stereocenters. The first-order valence-electron chi connectivity index (χ1n) is 11.5. The fourth-order valence-electron chi connectivity index (χ4n) is 6.14. The zero-order valence-electron chi connectivity index (χ0n) is 18.2. The predicted molar refractivity (Wildman–Crippen MR) is 120 cm³/mol. The molecule has 2 N–H and O–H groups in total. The standard InChI is InChI=1S/C25H25N3O4/c1-3-25(30)16-9-19-21-14(10-28(19)23(29)15(16)11-31-24-22(25)32-24)12-5-4-6-13-17(26-2)7-8-18(27-21)20(12)13/h7-9,22,24,26,30H,3-6,10-11H2,1-2H3/t22?,24?,25-/m0/s1. The van der Waals surface area contributed by atoms with Crippen LogP contribution < -0.4 is 10.9 Å². The Labute approximate surface area is 185 Å². The lowest BCUT2D eigenvalue weighted by Crippen LogP contribution is -2.36. The summed E-state index contributed by atoms with van der Waals surface area (Å²) in [6.07, 6.45) is 2.70. The molecule has 7 nitrogen and oxygen atoms in total. The monoisotopic (exact) mass is 431 g/mol. The number of pyridine rings is 2. The Kier molecular flexibility index (Phi) is 3.63. The maximum atomic E-state index is 13.6. The van der Waals surface area contributed by atoms with Crippen LogP contribution in [0, 0.1) is 0 Å². The van der Waals surface area contributed by atoms with Crippen molar-refractivity contribution in [1.29, 1.82) is 0 Å². The summed E-state index contributed by atoms with van der Waals surface area (Å²) < 4.78 is 13.2. The van der Waals surface area contributed by atoms with Gasteiger partial charge in [-0.1, -0.05) is 6.92 Å². The van der Waals surface area contributed by atoms with Crippen LogP contribution in [0.25, 0.3) is 22.3 Å². The van der Waals surface area contributed by atoms with Crippen molar-refractivity contribution in [2.75, 3.05) is 12.4 Å². The molecule has 7 heteroatoms. The molecular weight excluding hydrogens is 406 g/mol. The number of hydrogen-bond donors (Lipinski definition) is 2. The number of rotatable bonds is 2. The molecule has 0 saturated carbocycles. The van der Waals surface area contributed by atoms with Gasteiger partial charge in [-0.05, 0) is 60.6 Å². The van der Waals surface area contributed by atoms with E-state index < -0.39 is 18.0 Å². The lowest BCUT2D eigenvalue weighted by molar-refractivity contribution is 0.00170. The number of hydrogen-bond acceptors (Lipinski definition) is 6. The second-order valence-corrected chi connectivity index (χ2v) is 9.33. The number of aromatic nitrogens is 2. The molecule has 2 aromatic heterocycles. The molecule has 1 aromatic carbocycles. The molecule has 0 spiro atoms. The second-order valence-electron chi connectivity index (χ2n) is 9.33. The molecule has 1 aliphatic carbocycles. The normalized spacial score (nSPS) is 26.7. The van der Waals surface area contributed by atoms with Gasteiger partial charge in [0.25, 0.3) is 5.56 Å². The van der Waals surface area contributed by atoms with E-state index in [1.54, 1.807) is 0 Å². The molecule has 7 rings (SSSR count). The summed E-state index contributed by atoms with van der Waals surface area (Å²) in [6.45, 7) is 2.60. The highest BCUT2D eigenvalue weighted by molar-refractivity contribution is 5.94. The van der Waals surface area contributed by atoms with Crippen LogP contribution in [-0.2, 0) is 41.1 Å². The highest BCUT2D eigenvalue weighted by atomic mass is 16.8. The molecule has 164 valence electrons. The number of nitrogens with zero attached hydrogens (tertiary/aromatic N) is 2. The first-order chi connectivity index (χ1) is 15.5. The van der Waals surface area contributed by atoms with E-state index in [0.717, 1.165) is 47.4 Å². The van der Waals surface area contributed by atoms with Crippen molar-refractivity contribution in [3.05, 3.63) is 56.4 Å². The Morgan fingerprint density at radius 1 is 1.25 bits per heavy atom. The van der Waals surface area contributed by atoms with Crippen LogP contribution in [0.2, 0.25) is 0 Å². The van der Waals surface area contributed by atoms with Crippen LogP contribution in [0.3, 0.4) is 0 Å². The van der Waals surface area contributed by atoms with Crippen molar-refractivity contribution in [2.45, 2.75) is 63.8 Å². The lowest BCUT2D eigenvalue weighted by atomic mass is 9.84. The van der Waals surface area contributed by atoms with Crippen molar-refractivity contribution in [2.24, 2.45) is 0 Å². The lowest BCUT2D eigenvalue weighted by Gasteiger charge is -2.27. The molecular formula is C25H25N3O4. The van der Waals surface area contributed by atoms with Crippen molar-refractivity contribution in [3.63, 3.8) is 0 Å². The van der Waals surface area contributed by atoms with Gasteiger partial charge in [-0.3, -0.25) is 4.79 Å². The number of aliphatic hydroxyl groups is 1. The smallest absolute Gasteiger partial charge is 0.257 e. The first-order valence-corrected chi connectivity index (χ1v) is 11.5. The van der Waals surface area contributed by atoms with Gasteiger partial charge >= 0.3 is 0 Å². The van der Waals surface area contributed by atoms with Crippen LogP contribution in [0.4, 0.5) is 5.69 Å². The number of benzene rings is 1. The zero-order valence-corrected chi connectivity index (χ0v) is 18.2. The summed E-state index contributed by atoms with van der Waals surface area (Å²) in [7, 11) is 1.96. The summed E-state index contributed by atoms with van der Waals surface area (Å²) in [5.41, 5.74) is 7.43. The van der Waals surface area contributed by atoms with E-state index in [1.165, 1.54) is 16.5 Å². The number of nitrogens with one attached hydrogen (secondary N) is 1. The summed E-state index contributed by atoms with van der Waals surface area (Å²) in [4.78, 5) is 18.7. The van der Waals surface area contributed by atoms with Gasteiger partial charge in [0, 0.05) is 29.2 Å². The minimum atomic E-state index is -1.23. The molecule has 0 amide bonds. The first kappa shape index (κ1) is 18.8. The maximum Gasteiger partial charge on any atom is 0.257 e. The van der Waals surface area contributed by atoms with Gasteiger partial charge in [-0.25, -0.2) is 4.98 Å². The predicted octanol–water partition coefficient (Wildman–Crippen LogP) is 2.81. The second kappa shape index (κ2) is 6.19. The Morgan fingerprint density at radius 3 is 2.91 bits per heavy atom. The average molecular weight is 431 g/mol.